The molecule has 1 aliphatic carbocycles. The lowest BCUT2D eigenvalue weighted by Gasteiger charge is -2.20. The number of allylic oxidation sites excluding steroid dienone is 2. The molecule has 0 fully saturated rings. The first-order chi connectivity index (χ1) is 11.1. The van der Waals surface area contributed by atoms with Crippen molar-refractivity contribution in [1.29, 1.82) is 0 Å². The Kier molecular flexibility index (Phi) is 8.30. The molecule has 0 aromatic rings. The molecule has 0 unspecified atom stereocenters. The van der Waals surface area contributed by atoms with Gasteiger partial charge in [0.2, 0.25) is 23.1 Å². The van der Waals surface area contributed by atoms with Crippen LogP contribution in [-0.4, -0.2) is 32.1 Å². The Hall–Kier alpha value is -1.91. The third kappa shape index (κ3) is 5.05. The number of hydrogen-bond donors (Lipinski definition) is 0. The Morgan fingerprint density at radius 2 is 1.35 bits per heavy atom. The molecule has 0 aromatic heterocycles. The minimum absolute atomic E-state index is 0.00562. The van der Waals surface area contributed by atoms with Gasteiger partial charge in [-0.3, -0.25) is 9.59 Å². The summed E-state index contributed by atoms with van der Waals surface area (Å²) in [6, 6.07) is 0. The number of rotatable bonds is 11. The highest BCUT2D eigenvalue weighted by molar-refractivity contribution is 6.23. The molecule has 0 aromatic carbocycles. The molecule has 0 saturated carbocycles. The quantitative estimate of drug-likeness (QED) is 0.332. The normalized spacial score (nSPS) is 15.3. The molecule has 0 heterocycles. The number of aldehydes is 1. The fourth-order valence-corrected chi connectivity index (χ4v) is 2.73. The molecule has 23 heavy (non-hydrogen) atoms. The molecule has 0 bridgehead atoms. The minimum Gasteiger partial charge on any atom is -0.489 e. The second-order valence-electron chi connectivity index (χ2n) is 5.65. The molecule has 128 valence electrons. The summed E-state index contributed by atoms with van der Waals surface area (Å²) < 4.78 is 10.1. The van der Waals surface area contributed by atoms with Gasteiger partial charge >= 0.3 is 0 Å². The molecule has 0 atom stereocenters. The molecule has 0 N–H and O–H groups in total. The predicted molar refractivity (Wildman–Crippen MR) is 86.8 cm³/mol. The van der Waals surface area contributed by atoms with Crippen molar-refractivity contribution in [2.75, 3.05) is 14.2 Å². The molecule has 0 aliphatic heterocycles. The van der Waals surface area contributed by atoms with Gasteiger partial charge in [0, 0.05) is 17.6 Å². The van der Waals surface area contributed by atoms with Gasteiger partial charge in [-0.15, -0.1) is 0 Å². The second kappa shape index (κ2) is 9.98. The second-order valence-corrected chi connectivity index (χ2v) is 5.65. The van der Waals surface area contributed by atoms with Crippen molar-refractivity contribution in [3.63, 3.8) is 0 Å². The van der Waals surface area contributed by atoms with Gasteiger partial charge in [0.15, 0.2) is 0 Å². The maximum atomic E-state index is 12.4. The average Bonchev–Trinajstić information content (AvgIpc) is 2.55. The third-order valence-electron chi connectivity index (χ3n) is 4.09. The molecule has 1 aliphatic rings. The van der Waals surface area contributed by atoms with Gasteiger partial charge in [-0.25, -0.2) is 0 Å². The van der Waals surface area contributed by atoms with Crippen LogP contribution >= 0.6 is 0 Å². The third-order valence-corrected chi connectivity index (χ3v) is 4.09. The lowest BCUT2D eigenvalue weighted by molar-refractivity contribution is -0.121. The first-order valence-electron chi connectivity index (χ1n) is 8.13. The van der Waals surface area contributed by atoms with Crippen LogP contribution < -0.4 is 0 Å². The van der Waals surface area contributed by atoms with Gasteiger partial charge in [0.05, 0.1) is 14.2 Å². The summed E-state index contributed by atoms with van der Waals surface area (Å²) in [6.45, 7) is 1.67. The zero-order chi connectivity index (χ0) is 17.2. The first kappa shape index (κ1) is 19.1. The van der Waals surface area contributed by atoms with Crippen LogP contribution in [0.3, 0.4) is 0 Å². The molecular weight excluding hydrogens is 296 g/mol. The van der Waals surface area contributed by atoms with E-state index < -0.39 is 0 Å². The fraction of sp³-hybridized carbons (Fsp3) is 0.611. The minimum atomic E-state index is -0.271. The highest BCUT2D eigenvalue weighted by Gasteiger charge is 2.34. The highest BCUT2D eigenvalue weighted by atomic mass is 16.5. The highest BCUT2D eigenvalue weighted by Crippen LogP contribution is 2.28. The number of Topliss-reactive ketones (excluding diaryl/α,β-unsaturated/α-hetero) is 2. The number of unbranched alkanes of at least 4 members (excludes halogenated alkanes) is 6. The summed E-state index contributed by atoms with van der Waals surface area (Å²) in [5.41, 5.74) is 0.993. The zero-order valence-corrected chi connectivity index (χ0v) is 14.3. The molecular formula is C18H26O5. The number of ether oxygens (including phenoxy) is 2. The molecule has 0 radical (unpaired) electrons. The SMILES string of the molecule is COC1=C(OC)C(=O)C(CCCCCCCCC=O)=C(C)C1=O. The maximum absolute atomic E-state index is 12.4. The number of hydrogen-bond acceptors (Lipinski definition) is 5. The zero-order valence-electron chi connectivity index (χ0n) is 14.3. The monoisotopic (exact) mass is 322 g/mol. The largest absolute Gasteiger partial charge is 0.489 e. The summed E-state index contributed by atoms with van der Waals surface area (Å²) >= 11 is 0. The van der Waals surface area contributed by atoms with E-state index in [0.29, 0.717) is 24.0 Å². The van der Waals surface area contributed by atoms with Crippen LogP contribution in [0, 0.1) is 0 Å². The van der Waals surface area contributed by atoms with Crippen molar-refractivity contribution in [2.24, 2.45) is 0 Å². The summed E-state index contributed by atoms with van der Waals surface area (Å²) in [4.78, 5) is 34.8. The van der Waals surface area contributed by atoms with Gasteiger partial charge in [-0.1, -0.05) is 25.7 Å². The van der Waals surface area contributed by atoms with E-state index in [1.807, 2.05) is 0 Å². The van der Waals surface area contributed by atoms with Gasteiger partial charge in [0.1, 0.15) is 6.29 Å². The Bertz CT molecular complexity index is 514. The fourth-order valence-electron chi connectivity index (χ4n) is 2.73. The van der Waals surface area contributed by atoms with Crippen molar-refractivity contribution in [3.05, 3.63) is 22.7 Å². The van der Waals surface area contributed by atoms with Crippen LogP contribution in [0.5, 0.6) is 0 Å². The molecule has 5 heteroatoms. The molecule has 0 saturated heterocycles. The van der Waals surface area contributed by atoms with Crippen molar-refractivity contribution in [1.82, 2.24) is 0 Å². The topological polar surface area (TPSA) is 69.7 Å². The Morgan fingerprint density at radius 1 is 0.826 bits per heavy atom. The lowest BCUT2D eigenvalue weighted by Crippen LogP contribution is -2.25. The smallest absolute Gasteiger partial charge is 0.228 e. The van der Waals surface area contributed by atoms with E-state index in [1.165, 1.54) is 14.2 Å². The summed E-state index contributed by atoms with van der Waals surface area (Å²) in [5, 5.41) is 0. The van der Waals surface area contributed by atoms with E-state index in [1.54, 1.807) is 6.92 Å². The van der Waals surface area contributed by atoms with Crippen LogP contribution in [0.15, 0.2) is 22.7 Å². The van der Waals surface area contributed by atoms with Crippen molar-refractivity contribution in [2.45, 2.75) is 58.3 Å². The van der Waals surface area contributed by atoms with Crippen LogP contribution in [0.2, 0.25) is 0 Å². The molecule has 0 amide bonds. The number of ketones is 2. The van der Waals surface area contributed by atoms with Gasteiger partial charge in [-0.2, -0.15) is 0 Å². The molecule has 5 nitrogen and oxygen atoms in total. The Morgan fingerprint density at radius 3 is 1.91 bits per heavy atom. The van der Waals surface area contributed by atoms with Crippen LogP contribution in [0.4, 0.5) is 0 Å². The summed E-state index contributed by atoms with van der Waals surface area (Å²) in [5.74, 6) is -0.513. The Labute approximate surface area is 137 Å². The maximum Gasteiger partial charge on any atom is 0.228 e. The van der Waals surface area contributed by atoms with Crippen LogP contribution in [0.25, 0.3) is 0 Å². The van der Waals surface area contributed by atoms with E-state index in [0.717, 1.165) is 44.8 Å². The van der Waals surface area contributed by atoms with E-state index in [4.69, 9.17) is 9.47 Å². The van der Waals surface area contributed by atoms with Crippen LogP contribution in [-0.2, 0) is 23.9 Å². The molecule has 1 rings (SSSR count). The van der Waals surface area contributed by atoms with E-state index in [2.05, 4.69) is 0 Å². The Balaban J connectivity index is 2.50. The summed E-state index contributed by atoms with van der Waals surface area (Å²) in [7, 11) is 2.74. The summed E-state index contributed by atoms with van der Waals surface area (Å²) in [6.07, 6.45) is 8.20. The number of carbonyl (C=O) groups excluding carboxylic acids is 3. The van der Waals surface area contributed by atoms with E-state index in [9.17, 15) is 14.4 Å². The van der Waals surface area contributed by atoms with E-state index >= 15 is 0 Å². The standard InChI is InChI=1S/C18H26O5/c1-13-14(11-9-7-5-4-6-8-10-12-19)16(21)18(23-3)17(22-2)15(13)20/h12H,4-11H2,1-3H3. The number of methoxy groups -OCH3 is 2. The van der Waals surface area contributed by atoms with Gasteiger partial charge in [-0.05, 0) is 26.2 Å². The average molecular weight is 322 g/mol. The van der Waals surface area contributed by atoms with Crippen LogP contribution in [0.1, 0.15) is 58.3 Å². The van der Waals surface area contributed by atoms with Crippen molar-refractivity contribution >= 4 is 17.9 Å². The van der Waals surface area contributed by atoms with Crippen molar-refractivity contribution < 1.29 is 23.9 Å². The lowest BCUT2D eigenvalue weighted by atomic mass is 9.89. The van der Waals surface area contributed by atoms with E-state index in [-0.39, 0.29) is 23.1 Å². The van der Waals surface area contributed by atoms with Crippen molar-refractivity contribution in [3.8, 4) is 0 Å². The first-order valence-corrected chi connectivity index (χ1v) is 8.13. The number of carbonyl (C=O) groups is 3. The van der Waals surface area contributed by atoms with Gasteiger partial charge in [0.25, 0.3) is 0 Å². The van der Waals surface area contributed by atoms with Gasteiger partial charge < -0.3 is 14.3 Å². The predicted octanol–water partition coefficient (Wildman–Crippen LogP) is 3.28. The molecule has 0 spiro atoms.